The molecule has 0 aliphatic carbocycles. The molecule has 11 heteroatoms. The van der Waals surface area contributed by atoms with Crippen molar-refractivity contribution in [3.63, 3.8) is 0 Å². The number of carboxylic acid groups (broad SMARTS) is 1. The monoisotopic (exact) mass is 587 g/mol. The van der Waals surface area contributed by atoms with Crippen LogP contribution in [0.5, 0.6) is 5.75 Å². The second-order valence-electron chi connectivity index (χ2n) is 8.72. The first-order valence-corrected chi connectivity index (χ1v) is 12.5. The minimum atomic E-state index is -1.21. The molecule has 3 amide bonds. The molecule has 3 N–H and O–H groups in total. The molecule has 0 bridgehead atoms. The molecule has 0 radical (unpaired) electrons. The number of hydrogen-bond donors (Lipinski definition) is 3. The van der Waals surface area contributed by atoms with Crippen LogP contribution in [0.4, 0.5) is 25.0 Å². The van der Waals surface area contributed by atoms with Gasteiger partial charge in [0.05, 0.1) is 35.9 Å². The number of halogens is 3. The van der Waals surface area contributed by atoms with E-state index >= 15 is 0 Å². The summed E-state index contributed by atoms with van der Waals surface area (Å²) in [6.07, 6.45) is -1.27. The molecule has 1 saturated heterocycles. The van der Waals surface area contributed by atoms with Gasteiger partial charge in [0.2, 0.25) is 5.91 Å². The Morgan fingerprint density at radius 2 is 1.74 bits per heavy atom. The second kappa shape index (κ2) is 12.0. The number of urea groups is 1. The second-order valence-corrected chi connectivity index (χ2v) is 9.58. The number of rotatable bonds is 8. The summed E-state index contributed by atoms with van der Waals surface area (Å²) in [5, 5.41) is 14.0. The van der Waals surface area contributed by atoms with Crippen molar-refractivity contribution in [1.29, 1.82) is 0 Å². The molecular formula is C27H24BrF2N3O5. The number of alkyl halides is 1. The lowest BCUT2D eigenvalue weighted by molar-refractivity contribution is -0.132. The van der Waals surface area contributed by atoms with Crippen LogP contribution in [0, 0.1) is 5.82 Å². The largest absolute Gasteiger partial charge is 0.491 e. The Hall–Kier alpha value is -3.99. The first kappa shape index (κ1) is 27.1. The number of likely N-dealkylation sites (tertiary alicyclic amines) is 1. The zero-order valence-electron chi connectivity index (χ0n) is 20.0. The van der Waals surface area contributed by atoms with Crippen LogP contribution in [-0.4, -0.2) is 53.3 Å². The quantitative estimate of drug-likeness (QED) is 0.323. The minimum Gasteiger partial charge on any atom is -0.491 e. The lowest BCUT2D eigenvalue weighted by Gasteiger charge is -2.24. The van der Waals surface area contributed by atoms with Crippen LogP contribution in [-0.2, 0) is 11.2 Å². The summed E-state index contributed by atoms with van der Waals surface area (Å²) in [6, 6.07) is 15.6. The topological polar surface area (TPSA) is 108 Å². The van der Waals surface area contributed by atoms with Crippen LogP contribution < -0.4 is 15.4 Å². The van der Waals surface area contributed by atoms with E-state index in [-0.39, 0.29) is 43.2 Å². The van der Waals surface area contributed by atoms with Crippen LogP contribution in [0.3, 0.4) is 0 Å². The minimum absolute atomic E-state index is 0.0302. The average molecular weight is 588 g/mol. The van der Waals surface area contributed by atoms with Gasteiger partial charge in [-0.2, -0.15) is 0 Å². The molecule has 1 fully saturated rings. The third-order valence-corrected chi connectivity index (χ3v) is 6.68. The van der Waals surface area contributed by atoms with Crippen molar-refractivity contribution in [2.24, 2.45) is 0 Å². The van der Waals surface area contributed by atoms with E-state index in [9.17, 15) is 23.2 Å². The molecule has 8 nitrogen and oxygen atoms in total. The SMILES string of the molecule is O=C(Nc1ccc(CC(=O)N2C[C@@H](F)C[C@H]2COc2ccc(C(=O)O)cc2)cc1F)Nc1ccccc1Br. The van der Waals surface area contributed by atoms with Crippen molar-refractivity contribution in [2.75, 3.05) is 23.8 Å². The van der Waals surface area contributed by atoms with Crippen LogP contribution in [0.15, 0.2) is 71.2 Å². The normalized spacial score (nSPS) is 16.7. The molecule has 1 aliphatic rings. The highest BCUT2D eigenvalue weighted by atomic mass is 79.9. The van der Waals surface area contributed by atoms with Gasteiger partial charge in [-0.05, 0) is 70.0 Å². The van der Waals surface area contributed by atoms with Gasteiger partial charge in [-0.25, -0.2) is 18.4 Å². The Bertz CT molecular complexity index is 1340. The van der Waals surface area contributed by atoms with Crippen molar-refractivity contribution in [2.45, 2.75) is 25.1 Å². The van der Waals surface area contributed by atoms with E-state index in [1.165, 1.54) is 41.3 Å². The maximum absolute atomic E-state index is 14.7. The molecule has 198 valence electrons. The Morgan fingerprint density at radius 3 is 2.42 bits per heavy atom. The standard InChI is InChI=1S/C27H24BrF2N3O5/c28-21-3-1-2-4-23(21)31-27(37)32-24-10-5-16(11-22(24)30)12-25(34)33-14-18(29)13-19(33)15-38-20-8-6-17(7-9-20)26(35)36/h1-11,18-19H,12-15H2,(H,35,36)(H2,31,32,37)/t18-,19-/m0/s1. The smallest absolute Gasteiger partial charge is 0.335 e. The molecule has 3 aromatic carbocycles. The van der Waals surface area contributed by atoms with Gasteiger partial charge < -0.3 is 25.4 Å². The molecule has 0 spiro atoms. The fraction of sp³-hybridized carbons (Fsp3) is 0.222. The van der Waals surface area contributed by atoms with Gasteiger partial charge >= 0.3 is 12.0 Å². The van der Waals surface area contributed by atoms with Crippen molar-refractivity contribution >= 4 is 45.2 Å². The molecule has 4 rings (SSSR count). The molecule has 0 aromatic heterocycles. The zero-order valence-corrected chi connectivity index (χ0v) is 21.6. The van der Waals surface area contributed by atoms with Crippen molar-refractivity contribution in [3.05, 3.63) is 88.1 Å². The van der Waals surface area contributed by atoms with Gasteiger partial charge in [0.1, 0.15) is 24.3 Å². The van der Waals surface area contributed by atoms with E-state index in [2.05, 4.69) is 26.6 Å². The van der Waals surface area contributed by atoms with Gasteiger partial charge in [-0.3, -0.25) is 4.79 Å². The number of aromatic carboxylic acids is 1. The lowest BCUT2D eigenvalue weighted by atomic mass is 10.1. The maximum atomic E-state index is 14.7. The Labute approximate surface area is 225 Å². The highest BCUT2D eigenvalue weighted by molar-refractivity contribution is 9.10. The third-order valence-electron chi connectivity index (χ3n) is 5.99. The predicted octanol–water partition coefficient (Wildman–Crippen LogP) is 5.49. The number of nitrogens with zero attached hydrogens (tertiary/aromatic N) is 1. The van der Waals surface area contributed by atoms with Crippen molar-refractivity contribution in [1.82, 2.24) is 4.90 Å². The predicted molar refractivity (Wildman–Crippen MR) is 141 cm³/mol. The van der Waals surface area contributed by atoms with Gasteiger partial charge in [0, 0.05) is 10.9 Å². The highest BCUT2D eigenvalue weighted by Gasteiger charge is 2.35. The van der Waals surface area contributed by atoms with E-state index in [0.717, 1.165) is 6.07 Å². The summed E-state index contributed by atoms with van der Waals surface area (Å²) >= 11 is 3.32. The molecule has 1 heterocycles. The summed E-state index contributed by atoms with van der Waals surface area (Å²) < 4.78 is 35.2. The molecule has 1 aliphatic heterocycles. The average Bonchev–Trinajstić information content (AvgIpc) is 3.26. The molecule has 2 atom stereocenters. The lowest BCUT2D eigenvalue weighted by Crippen LogP contribution is -2.40. The number of hydrogen-bond acceptors (Lipinski definition) is 4. The Kier molecular flexibility index (Phi) is 8.57. The molecule has 38 heavy (non-hydrogen) atoms. The summed E-state index contributed by atoms with van der Waals surface area (Å²) in [5.41, 5.74) is 0.934. The number of carbonyl (C=O) groups is 3. The van der Waals surface area contributed by atoms with E-state index in [1.54, 1.807) is 24.3 Å². The van der Waals surface area contributed by atoms with E-state index < -0.39 is 30.0 Å². The summed E-state index contributed by atoms with van der Waals surface area (Å²) in [6.45, 7) is -0.0649. The van der Waals surface area contributed by atoms with Crippen LogP contribution >= 0.6 is 15.9 Å². The number of para-hydroxylation sites is 1. The number of ether oxygens (including phenoxy) is 1. The molecule has 0 unspecified atom stereocenters. The number of amides is 3. The molecular weight excluding hydrogens is 564 g/mol. The summed E-state index contributed by atoms with van der Waals surface area (Å²) in [7, 11) is 0. The highest BCUT2D eigenvalue weighted by Crippen LogP contribution is 2.25. The van der Waals surface area contributed by atoms with Gasteiger partial charge in [-0.15, -0.1) is 0 Å². The van der Waals surface area contributed by atoms with Crippen LogP contribution in [0.1, 0.15) is 22.3 Å². The number of benzene rings is 3. The van der Waals surface area contributed by atoms with Gasteiger partial charge in [0.25, 0.3) is 0 Å². The number of anilines is 2. The Morgan fingerprint density at radius 1 is 1.03 bits per heavy atom. The number of carboxylic acids is 1. The van der Waals surface area contributed by atoms with E-state index in [0.29, 0.717) is 21.5 Å². The first-order valence-electron chi connectivity index (χ1n) is 11.7. The van der Waals surface area contributed by atoms with Crippen LogP contribution in [0.25, 0.3) is 0 Å². The number of carbonyl (C=O) groups excluding carboxylic acids is 2. The molecule has 3 aromatic rings. The van der Waals surface area contributed by atoms with Crippen molar-refractivity contribution < 1.29 is 33.0 Å². The van der Waals surface area contributed by atoms with E-state index in [4.69, 9.17) is 9.84 Å². The van der Waals surface area contributed by atoms with Gasteiger partial charge in [0.15, 0.2) is 0 Å². The van der Waals surface area contributed by atoms with Crippen LogP contribution in [0.2, 0.25) is 0 Å². The summed E-state index contributed by atoms with van der Waals surface area (Å²) in [4.78, 5) is 37.6. The maximum Gasteiger partial charge on any atom is 0.335 e. The van der Waals surface area contributed by atoms with E-state index in [1.807, 2.05) is 0 Å². The fourth-order valence-electron chi connectivity index (χ4n) is 4.09. The Balaban J connectivity index is 1.34. The third kappa shape index (κ3) is 6.86. The zero-order chi connectivity index (χ0) is 27.2. The molecule has 0 saturated carbocycles. The first-order chi connectivity index (χ1) is 18.2. The van der Waals surface area contributed by atoms with Crippen molar-refractivity contribution in [3.8, 4) is 5.75 Å². The number of nitrogens with one attached hydrogen (secondary N) is 2. The van der Waals surface area contributed by atoms with Gasteiger partial charge in [-0.1, -0.05) is 18.2 Å². The summed E-state index contributed by atoms with van der Waals surface area (Å²) in [5.74, 6) is -1.76. The fourth-order valence-corrected chi connectivity index (χ4v) is 4.48.